The van der Waals surface area contributed by atoms with Gasteiger partial charge in [-0.15, -0.1) is 0 Å². The monoisotopic (exact) mass is 362 g/mol. The average Bonchev–Trinajstić information content (AvgIpc) is 2.54. The van der Waals surface area contributed by atoms with E-state index in [0.717, 1.165) is 29.1 Å². The van der Waals surface area contributed by atoms with Gasteiger partial charge in [-0.05, 0) is 30.5 Å². The number of carbonyl (C=O) groups excluding carboxylic acids is 1. The molecule has 24 heavy (non-hydrogen) atoms. The van der Waals surface area contributed by atoms with Gasteiger partial charge in [0.1, 0.15) is 6.04 Å². The molecule has 1 aliphatic rings. The molecule has 1 saturated heterocycles. The molecule has 0 radical (unpaired) electrons. The number of hydrogen-bond donors (Lipinski definition) is 2. The zero-order valence-corrected chi connectivity index (χ0v) is 14.0. The van der Waals surface area contributed by atoms with Crippen molar-refractivity contribution in [1.82, 2.24) is 9.62 Å². The van der Waals surface area contributed by atoms with E-state index in [4.69, 9.17) is 0 Å². The van der Waals surface area contributed by atoms with Gasteiger partial charge in [-0.1, -0.05) is 12.5 Å². The van der Waals surface area contributed by atoms with Crippen molar-refractivity contribution >= 4 is 15.9 Å². The van der Waals surface area contributed by atoms with Crippen LogP contribution in [0.25, 0.3) is 0 Å². The van der Waals surface area contributed by atoms with Crippen molar-refractivity contribution in [2.24, 2.45) is 0 Å². The molecule has 1 aromatic carbocycles. The molecule has 2 rings (SSSR count). The number of amides is 1. The molecule has 1 aliphatic heterocycles. The third kappa shape index (κ3) is 4.49. The number of nitrogens with zero attached hydrogens (tertiary/aromatic N) is 1. The van der Waals surface area contributed by atoms with Gasteiger partial charge in [0.05, 0.1) is 12.4 Å². The predicted molar refractivity (Wildman–Crippen MR) is 83.5 cm³/mol. The van der Waals surface area contributed by atoms with E-state index in [2.05, 4.69) is 5.32 Å². The van der Waals surface area contributed by atoms with Crippen LogP contribution in [-0.4, -0.2) is 49.1 Å². The third-order valence-corrected chi connectivity index (χ3v) is 5.27. The molecule has 6 nitrogen and oxygen atoms in total. The quantitative estimate of drug-likeness (QED) is 0.816. The van der Waals surface area contributed by atoms with Gasteiger partial charge < -0.3 is 10.4 Å². The van der Waals surface area contributed by atoms with Crippen molar-refractivity contribution in [3.8, 4) is 0 Å². The highest BCUT2D eigenvalue weighted by Gasteiger charge is 2.34. The molecule has 0 bridgehead atoms. The maximum Gasteiger partial charge on any atom is 0.238 e. The Kier molecular flexibility index (Phi) is 5.89. The van der Waals surface area contributed by atoms with Gasteiger partial charge in [-0.25, -0.2) is 17.2 Å². The fourth-order valence-electron chi connectivity index (χ4n) is 2.72. The highest BCUT2D eigenvalue weighted by molar-refractivity contribution is 7.88. The Bertz CT molecular complexity index is 711. The summed E-state index contributed by atoms with van der Waals surface area (Å²) >= 11 is 0. The summed E-state index contributed by atoms with van der Waals surface area (Å²) in [5.74, 6) is -2.63. The lowest BCUT2D eigenvalue weighted by Crippen LogP contribution is -2.52. The van der Waals surface area contributed by atoms with Crippen LogP contribution in [-0.2, 0) is 14.8 Å². The maximum atomic E-state index is 13.2. The molecule has 0 spiro atoms. The summed E-state index contributed by atoms with van der Waals surface area (Å²) in [6.45, 7) is 0.0562. The van der Waals surface area contributed by atoms with Crippen molar-refractivity contribution < 1.29 is 27.1 Å². The molecule has 0 saturated carbocycles. The molecule has 9 heteroatoms. The first-order chi connectivity index (χ1) is 11.2. The molecule has 1 heterocycles. The summed E-state index contributed by atoms with van der Waals surface area (Å²) in [5.41, 5.74) is 0.123. The topological polar surface area (TPSA) is 86.7 Å². The van der Waals surface area contributed by atoms with Gasteiger partial charge in [0.25, 0.3) is 0 Å². The van der Waals surface area contributed by atoms with Crippen LogP contribution in [0.5, 0.6) is 0 Å². The maximum absolute atomic E-state index is 13.2. The standard InChI is InChI=1S/C15H20F2N2O4S/c1-24(22,23)19-7-3-2-4-13(19)15(21)18-9-14(20)10-5-6-11(16)12(17)8-10/h5-6,8,13-14,20H,2-4,7,9H2,1H3,(H,18,21)/t13-,14-/m0/s1. The number of aliphatic hydroxyl groups excluding tert-OH is 1. The summed E-state index contributed by atoms with van der Waals surface area (Å²) < 4.78 is 50.7. The van der Waals surface area contributed by atoms with Crippen LogP contribution in [0, 0.1) is 11.6 Å². The van der Waals surface area contributed by atoms with Crippen LogP contribution in [0.15, 0.2) is 18.2 Å². The first-order valence-corrected chi connectivity index (χ1v) is 9.42. The lowest BCUT2D eigenvalue weighted by atomic mass is 10.0. The van der Waals surface area contributed by atoms with Crippen LogP contribution in [0.2, 0.25) is 0 Å². The second-order valence-corrected chi connectivity index (χ2v) is 7.75. The number of nitrogens with one attached hydrogen (secondary N) is 1. The minimum atomic E-state index is -3.50. The third-order valence-electron chi connectivity index (χ3n) is 3.98. The van der Waals surface area contributed by atoms with Crippen LogP contribution < -0.4 is 5.32 Å². The van der Waals surface area contributed by atoms with Gasteiger partial charge >= 0.3 is 0 Å². The van der Waals surface area contributed by atoms with Gasteiger partial charge in [0.2, 0.25) is 15.9 Å². The highest BCUT2D eigenvalue weighted by Crippen LogP contribution is 2.20. The first kappa shape index (κ1) is 18.8. The second-order valence-electron chi connectivity index (χ2n) is 5.82. The Morgan fingerprint density at radius 2 is 2.08 bits per heavy atom. The Balaban J connectivity index is 1.99. The number of sulfonamides is 1. The van der Waals surface area contributed by atoms with E-state index in [1.54, 1.807) is 0 Å². The van der Waals surface area contributed by atoms with Gasteiger partial charge in [0.15, 0.2) is 11.6 Å². The zero-order chi connectivity index (χ0) is 17.9. The fourth-order valence-corrected chi connectivity index (χ4v) is 3.84. The van der Waals surface area contributed by atoms with E-state index in [1.807, 2.05) is 0 Å². The van der Waals surface area contributed by atoms with Gasteiger partial charge in [-0.2, -0.15) is 4.31 Å². The Hall–Kier alpha value is -1.58. The summed E-state index contributed by atoms with van der Waals surface area (Å²) in [6.07, 6.45) is 1.65. The summed E-state index contributed by atoms with van der Waals surface area (Å²) in [4.78, 5) is 12.2. The lowest BCUT2D eigenvalue weighted by Gasteiger charge is -2.32. The molecule has 0 aliphatic carbocycles. The minimum absolute atomic E-state index is 0.123. The van der Waals surface area contributed by atoms with Crippen molar-refractivity contribution in [3.63, 3.8) is 0 Å². The molecule has 1 amide bonds. The molecule has 134 valence electrons. The van der Waals surface area contributed by atoms with Crippen molar-refractivity contribution in [1.29, 1.82) is 0 Å². The summed E-state index contributed by atoms with van der Waals surface area (Å²) in [6, 6.07) is 2.15. The van der Waals surface area contributed by atoms with Crippen LogP contribution in [0.3, 0.4) is 0 Å². The molecule has 0 unspecified atom stereocenters. The van der Waals surface area contributed by atoms with Crippen molar-refractivity contribution in [3.05, 3.63) is 35.4 Å². The largest absolute Gasteiger partial charge is 0.387 e. The minimum Gasteiger partial charge on any atom is -0.387 e. The molecular weight excluding hydrogens is 342 g/mol. The number of piperidine rings is 1. The van der Waals surface area contributed by atoms with E-state index >= 15 is 0 Å². The number of hydrogen-bond acceptors (Lipinski definition) is 4. The van der Waals surface area contributed by atoms with Crippen LogP contribution in [0.1, 0.15) is 30.9 Å². The van der Waals surface area contributed by atoms with E-state index in [9.17, 15) is 27.1 Å². The molecule has 1 fully saturated rings. The molecule has 2 N–H and O–H groups in total. The average molecular weight is 362 g/mol. The van der Waals surface area contributed by atoms with E-state index in [1.165, 1.54) is 6.07 Å². The molecule has 2 atom stereocenters. The fraction of sp³-hybridized carbons (Fsp3) is 0.533. The summed E-state index contributed by atoms with van der Waals surface area (Å²) in [7, 11) is -3.50. The number of carbonyl (C=O) groups is 1. The lowest BCUT2D eigenvalue weighted by molar-refractivity contribution is -0.126. The van der Waals surface area contributed by atoms with Gasteiger partial charge in [0, 0.05) is 13.1 Å². The first-order valence-electron chi connectivity index (χ1n) is 7.57. The van der Waals surface area contributed by atoms with E-state index in [-0.39, 0.29) is 18.7 Å². The van der Waals surface area contributed by atoms with E-state index in [0.29, 0.717) is 12.8 Å². The highest BCUT2D eigenvalue weighted by atomic mass is 32.2. The smallest absolute Gasteiger partial charge is 0.238 e. The molecule has 0 aromatic heterocycles. The van der Waals surface area contributed by atoms with E-state index < -0.39 is 39.7 Å². The van der Waals surface area contributed by atoms with Crippen molar-refractivity contribution in [2.45, 2.75) is 31.4 Å². The van der Waals surface area contributed by atoms with Crippen LogP contribution in [0.4, 0.5) is 8.78 Å². The number of aliphatic hydroxyl groups is 1. The van der Waals surface area contributed by atoms with Gasteiger partial charge in [-0.3, -0.25) is 4.79 Å². The molecular formula is C15H20F2N2O4S. The summed E-state index contributed by atoms with van der Waals surface area (Å²) in [5, 5.41) is 12.4. The Morgan fingerprint density at radius 3 is 2.71 bits per heavy atom. The number of rotatable bonds is 5. The number of halogens is 2. The SMILES string of the molecule is CS(=O)(=O)N1CCCC[C@H]1C(=O)NC[C@H](O)c1ccc(F)c(F)c1. The zero-order valence-electron chi connectivity index (χ0n) is 13.2. The Morgan fingerprint density at radius 1 is 1.38 bits per heavy atom. The van der Waals surface area contributed by atoms with Crippen LogP contribution >= 0.6 is 0 Å². The number of benzene rings is 1. The predicted octanol–water partition coefficient (Wildman–Crippen LogP) is 0.929. The van der Waals surface area contributed by atoms with Crippen molar-refractivity contribution in [2.75, 3.05) is 19.3 Å². The Labute approximate surface area is 139 Å². The normalized spacial score (nSPS) is 20.6. The second kappa shape index (κ2) is 7.54. The molecule has 1 aromatic rings.